The van der Waals surface area contributed by atoms with Crippen LogP contribution in [-0.2, 0) is 20.8 Å². The van der Waals surface area contributed by atoms with Crippen molar-refractivity contribution in [2.75, 3.05) is 30.4 Å². The first-order chi connectivity index (χ1) is 12.9. The monoisotopic (exact) mass is 380 g/mol. The number of nitrogens with one attached hydrogen (secondary N) is 1. The Bertz CT molecular complexity index is 809. The van der Waals surface area contributed by atoms with Crippen molar-refractivity contribution in [3.8, 4) is 0 Å². The summed E-state index contributed by atoms with van der Waals surface area (Å²) in [6, 6.07) is 0. The predicted octanol–water partition coefficient (Wildman–Crippen LogP) is 1.19. The minimum absolute atomic E-state index is 0.00937. The smallest absolute Gasteiger partial charge is 0.330 e. The molecule has 0 saturated heterocycles. The summed E-state index contributed by atoms with van der Waals surface area (Å²) in [4.78, 5) is 41.2. The van der Waals surface area contributed by atoms with E-state index in [4.69, 9.17) is 15.2 Å². The fourth-order valence-corrected chi connectivity index (χ4v) is 2.69. The van der Waals surface area contributed by atoms with Gasteiger partial charge < -0.3 is 15.2 Å². The summed E-state index contributed by atoms with van der Waals surface area (Å²) in [6.07, 6.45) is 3.46. The molecule has 1 aromatic heterocycles. The minimum atomic E-state index is -0.695. The predicted molar refractivity (Wildman–Crippen MR) is 102 cm³/mol. The lowest BCUT2D eigenvalue weighted by atomic mass is 10.1. The van der Waals surface area contributed by atoms with Crippen LogP contribution in [0.1, 0.15) is 40.0 Å². The maximum atomic E-state index is 13.0. The Kier molecular flexibility index (Phi) is 7.09. The molecule has 1 aliphatic heterocycles. The van der Waals surface area contributed by atoms with Gasteiger partial charge in [-0.05, 0) is 18.8 Å². The highest BCUT2D eigenvalue weighted by Gasteiger charge is 2.28. The lowest BCUT2D eigenvalue weighted by molar-refractivity contribution is -0.119. The average molecular weight is 380 g/mol. The van der Waals surface area contributed by atoms with Crippen LogP contribution in [-0.4, -0.2) is 35.2 Å². The number of nitrogens with zero attached hydrogens (tertiary/aromatic N) is 2. The first kappa shape index (κ1) is 20.6. The summed E-state index contributed by atoms with van der Waals surface area (Å²) in [5, 5.41) is 0. The SMILES string of the molecule is CCCCn1c(N)c(N(CCC(C)C)C(=O)C2=COCCO2)c(=O)[nH]c1=O. The highest BCUT2D eigenvalue weighted by Crippen LogP contribution is 2.22. The number of hydrogen-bond donors (Lipinski definition) is 2. The van der Waals surface area contributed by atoms with Gasteiger partial charge in [-0.1, -0.05) is 27.2 Å². The van der Waals surface area contributed by atoms with Crippen molar-refractivity contribution < 1.29 is 14.3 Å². The van der Waals surface area contributed by atoms with Crippen LogP contribution >= 0.6 is 0 Å². The highest BCUT2D eigenvalue weighted by atomic mass is 16.6. The number of H-pyrrole nitrogens is 1. The van der Waals surface area contributed by atoms with Crippen LogP contribution in [0.5, 0.6) is 0 Å². The summed E-state index contributed by atoms with van der Waals surface area (Å²) < 4.78 is 11.8. The molecule has 1 aromatic rings. The first-order valence-corrected chi connectivity index (χ1v) is 9.25. The zero-order valence-electron chi connectivity index (χ0n) is 16.1. The normalized spacial score (nSPS) is 13.7. The third-order valence-electron chi connectivity index (χ3n) is 4.25. The van der Waals surface area contributed by atoms with Crippen molar-refractivity contribution >= 4 is 17.4 Å². The van der Waals surface area contributed by atoms with E-state index in [-0.39, 0.29) is 30.4 Å². The van der Waals surface area contributed by atoms with Crippen molar-refractivity contribution in [1.82, 2.24) is 9.55 Å². The number of hydrogen-bond acceptors (Lipinski definition) is 6. The molecule has 9 heteroatoms. The van der Waals surface area contributed by atoms with Crippen molar-refractivity contribution in [3.05, 3.63) is 32.9 Å². The van der Waals surface area contributed by atoms with Gasteiger partial charge in [-0.3, -0.25) is 24.0 Å². The Morgan fingerprint density at radius 2 is 2.11 bits per heavy atom. The van der Waals surface area contributed by atoms with Crippen LogP contribution in [0.3, 0.4) is 0 Å². The van der Waals surface area contributed by atoms with Gasteiger partial charge in [0.1, 0.15) is 25.3 Å². The van der Waals surface area contributed by atoms with Gasteiger partial charge >= 0.3 is 5.69 Å². The molecule has 2 heterocycles. The summed E-state index contributed by atoms with van der Waals surface area (Å²) in [5.74, 6) is -0.237. The molecule has 0 saturated carbocycles. The largest absolute Gasteiger partial charge is 0.494 e. The maximum absolute atomic E-state index is 13.0. The lowest BCUT2D eigenvalue weighted by Crippen LogP contribution is -2.43. The Hall–Kier alpha value is -2.71. The number of nitrogens with two attached hydrogens (primary N) is 1. The van der Waals surface area contributed by atoms with Crippen LogP contribution in [0.2, 0.25) is 0 Å². The van der Waals surface area contributed by atoms with Crippen LogP contribution in [0.25, 0.3) is 0 Å². The standard InChI is InChI=1S/C18H28N4O5/c1-4-5-7-22-15(19)14(16(23)20-18(22)25)21(8-6-12(2)3)17(24)13-11-26-9-10-27-13/h11-12H,4-10,19H2,1-3H3,(H,20,23,25). The van der Waals surface area contributed by atoms with Gasteiger partial charge in [-0.15, -0.1) is 0 Å². The zero-order chi connectivity index (χ0) is 20.0. The molecule has 9 nitrogen and oxygen atoms in total. The Morgan fingerprint density at radius 1 is 1.37 bits per heavy atom. The second-order valence-electron chi connectivity index (χ2n) is 6.84. The number of unbranched alkanes of at least 4 members (excludes halogenated alkanes) is 1. The molecular weight excluding hydrogens is 352 g/mol. The Labute approximate surface area is 157 Å². The quantitative estimate of drug-likeness (QED) is 0.699. The van der Waals surface area contributed by atoms with E-state index in [1.165, 1.54) is 15.7 Å². The molecule has 0 spiro atoms. The molecule has 0 radical (unpaired) electrons. The number of rotatable bonds is 8. The van der Waals surface area contributed by atoms with Crippen LogP contribution in [0.4, 0.5) is 11.5 Å². The van der Waals surface area contributed by atoms with Gasteiger partial charge in [-0.2, -0.15) is 0 Å². The molecule has 0 atom stereocenters. The fraction of sp³-hybridized carbons (Fsp3) is 0.611. The van der Waals surface area contributed by atoms with E-state index in [1.807, 2.05) is 20.8 Å². The van der Waals surface area contributed by atoms with Crippen molar-refractivity contribution in [2.24, 2.45) is 5.92 Å². The molecule has 0 unspecified atom stereocenters. The van der Waals surface area contributed by atoms with E-state index in [0.29, 0.717) is 25.5 Å². The second kappa shape index (κ2) is 9.29. The van der Waals surface area contributed by atoms with Crippen molar-refractivity contribution in [1.29, 1.82) is 0 Å². The van der Waals surface area contributed by atoms with Crippen LogP contribution in [0, 0.1) is 5.92 Å². The van der Waals surface area contributed by atoms with E-state index in [1.54, 1.807) is 0 Å². The first-order valence-electron chi connectivity index (χ1n) is 9.25. The minimum Gasteiger partial charge on any atom is -0.494 e. The molecule has 2 rings (SSSR count). The van der Waals surface area contributed by atoms with Gasteiger partial charge in [0.2, 0.25) is 5.76 Å². The van der Waals surface area contributed by atoms with Crippen molar-refractivity contribution in [3.63, 3.8) is 0 Å². The molecule has 0 aromatic carbocycles. The average Bonchev–Trinajstić information content (AvgIpc) is 2.64. The topological polar surface area (TPSA) is 120 Å². The maximum Gasteiger partial charge on any atom is 0.330 e. The molecule has 1 aliphatic rings. The molecule has 150 valence electrons. The van der Waals surface area contributed by atoms with E-state index < -0.39 is 17.2 Å². The number of nitrogen functional groups attached to an aromatic ring is 1. The Balaban J connectivity index is 2.51. The molecule has 0 bridgehead atoms. The van der Waals surface area contributed by atoms with E-state index in [0.717, 1.165) is 12.8 Å². The number of ether oxygens (including phenoxy) is 2. The Morgan fingerprint density at radius 3 is 2.70 bits per heavy atom. The van der Waals surface area contributed by atoms with Crippen molar-refractivity contribution in [2.45, 2.75) is 46.6 Å². The van der Waals surface area contributed by atoms with E-state index in [9.17, 15) is 14.4 Å². The molecular formula is C18H28N4O5. The second-order valence-corrected chi connectivity index (χ2v) is 6.84. The third-order valence-corrected chi connectivity index (χ3v) is 4.25. The number of amides is 1. The summed E-state index contributed by atoms with van der Waals surface area (Å²) >= 11 is 0. The lowest BCUT2D eigenvalue weighted by Gasteiger charge is -2.26. The highest BCUT2D eigenvalue weighted by molar-refractivity contribution is 6.05. The summed E-state index contributed by atoms with van der Waals surface area (Å²) in [6.45, 7) is 7.23. The van der Waals surface area contributed by atoms with Gasteiger partial charge in [-0.25, -0.2) is 4.79 Å². The zero-order valence-corrected chi connectivity index (χ0v) is 16.1. The van der Waals surface area contributed by atoms with Crippen LogP contribution in [0.15, 0.2) is 21.6 Å². The molecule has 0 fully saturated rings. The number of aromatic amines is 1. The van der Waals surface area contributed by atoms with Crippen LogP contribution < -0.4 is 21.9 Å². The third kappa shape index (κ3) is 4.93. The number of anilines is 2. The van der Waals surface area contributed by atoms with E-state index in [2.05, 4.69) is 4.98 Å². The molecule has 27 heavy (non-hydrogen) atoms. The number of carbonyl (C=O) groups excluding carboxylic acids is 1. The number of carbonyl (C=O) groups is 1. The van der Waals surface area contributed by atoms with Gasteiger partial charge in [0.05, 0.1) is 0 Å². The van der Waals surface area contributed by atoms with Gasteiger partial charge in [0, 0.05) is 13.1 Å². The van der Waals surface area contributed by atoms with E-state index >= 15 is 0 Å². The molecule has 0 aliphatic carbocycles. The van der Waals surface area contributed by atoms with Gasteiger partial charge in [0.15, 0.2) is 5.69 Å². The van der Waals surface area contributed by atoms with Gasteiger partial charge in [0.25, 0.3) is 11.5 Å². The summed E-state index contributed by atoms with van der Waals surface area (Å²) in [5.41, 5.74) is 4.85. The molecule has 3 N–H and O–H groups in total. The fourth-order valence-electron chi connectivity index (χ4n) is 2.69. The molecule has 1 amide bonds. The summed E-state index contributed by atoms with van der Waals surface area (Å²) in [7, 11) is 0. The number of aromatic nitrogens is 2.